The summed E-state index contributed by atoms with van der Waals surface area (Å²) < 4.78 is 0. The summed E-state index contributed by atoms with van der Waals surface area (Å²) in [4.78, 5) is 2.08. The lowest BCUT2D eigenvalue weighted by Crippen LogP contribution is -2.19. The lowest BCUT2D eigenvalue weighted by Gasteiger charge is -2.10. The Kier molecular flexibility index (Phi) is 7.23. The van der Waals surface area contributed by atoms with Gasteiger partial charge in [0.05, 0.1) is 6.07 Å². The average molecular weight is 173 g/mol. The van der Waals surface area contributed by atoms with Crippen LogP contribution in [0.4, 0.5) is 0 Å². The van der Waals surface area contributed by atoms with E-state index in [1.54, 1.807) is 0 Å². The number of halogens is 1. The molecule has 0 unspecified atom stereocenters. The summed E-state index contributed by atoms with van der Waals surface area (Å²) >= 11 is 5.43. The molecule has 0 aliphatic rings. The first-order chi connectivity index (χ1) is 5.31. The van der Waals surface area contributed by atoms with E-state index in [2.05, 4.69) is 11.0 Å². The number of rotatable bonds is 5. The molecule has 3 heteroatoms. The highest BCUT2D eigenvalue weighted by Crippen LogP contribution is 1.87. The molecule has 0 atom stereocenters. The molecular formula is C8H13ClN2. The van der Waals surface area contributed by atoms with Gasteiger partial charge in [0, 0.05) is 25.4 Å². The third-order valence-corrected chi connectivity index (χ3v) is 1.46. The summed E-state index contributed by atoms with van der Waals surface area (Å²) in [5, 5.41) is 8.27. The molecule has 0 spiro atoms. The standard InChI is InChI=1S/C8H13ClN2/c1-11(8-4-6-10)7-3-2-5-9/h2-3H,4-5,7-8H2,1H3. The molecule has 0 aromatic rings. The van der Waals surface area contributed by atoms with Gasteiger partial charge in [-0.05, 0) is 7.05 Å². The van der Waals surface area contributed by atoms with Crippen molar-refractivity contribution in [2.75, 3.05) is 26.0 Å². The molecule has 11 heavy (non-hydrogen) atoms. The van der Waals surface area contributed by atoms with Crippen molar-refractivity contribution in [1.29, 1.82) is 5.26 Å². The van der Waals surface area contributed by atoms with Gasteiger partial charge < -0.3 is 4.90 Å². The molecule has 0 amide bonds. The minimum Gasteiger partial charge on any atom is -0.302 e. The number of hydrogen-bond acceptors (Lipinski definition) is 2. The Bertz CT molecular complexity index is 149. The van der Waals surface area contributed by atoms with Crippen LogP contribution in [-0.4, -0.2) is 30.9 Å². The van der Waals surface area contributed by atoms with Crippen LogP contribution in [0.2, 0.25) is 0 Å². The Balaban J connectivity index is 3.30. The monoisotopic (exact) mass is 172 g/mol. The second-order valence-electron chi connectivity index (χ2n) is 2.30. The summed E-state index contributed by atoms with van der Waals surface area (Å²) in [6.45, 7) is 1.69. The Morgan fingerprint density at radius 1 is 1.55 bits per heavy atom. The normalized spacial score (nSPS) is 10.7. The summed E-state index contributed by atoms with van der Waals surface area (Å²) in [7, 11) is 1.98. The van der Waals surface area contributed by atoms with E-state index in [1.165, 1.54) is 0 Å². The van der Waals surface area contributed by atoms with Crippen LogP contribution in [0, 0.1) is 11.3 Å². The van der Waals surface area contributed by atoms with Crippen molar-refractivity contribution in [3.63, 3.8) is 0 Å². The number of hydrogen-bond donors (Lipinski definition) is 0. The maximum atomic E-state index is 8.27. The minimum atomic E-state index is 0.562. The van der Waals surface area contributed by atoms with Gasteiger partial charge in [-0.15, -0.1) is 11.6 Å². The van der Waals surface area contributed by atoms with Crippen LogP contribution in [0.25, 0.3) is 0 Å². The van der Waals surface area contributed by atoms with Crippen LogP contribution in [0.15, 0.2) is 12.2 Å². The first kappa shape index (κ1) is 10.5. The molecule has 0 aromatic carbocycles. The fourth-order valence-electron chi connectivity index (χ4n) is 0.650. The van der Waals surface area contributed by atoms with E-state index in [1.807, 2.05) is 19.2 Å². The average Bonchev–Trinajstić information content (AvgIpc) is 2.01. The van der Waals surface area contributed by atoms with Crippen LogP contribution in [0.5, 0.6) is 0 Å². The lowest BCUT2D eigenvalue weighted by molar-refractivity contribution is 0.379. The van der Waals surface area contributed by atoms with Gasteiger partial charge >= 0.3 is 0 Å². The molecule has 62 valence electrons. The maximum absolute atomic E-state index is 8.27. The molecule has 0 bridgehead atoms. The van der Waals surface area contributed by atoms with Crippen molar-refractivity contribution < 1.29 is 0 Å². The van der Waals surface area contributed by atoms with E-state index in [-0.39, 0.29) is 0 Å². The molecule has 0 fully saturated rings. The molecule has 0 aliphatic heterocycles. The van der Waals surface area contributed by atoms with Gasteiger partial charge in [0.1, 0.15) is 0 Å². The second-order valence-corrected chi connectivity index (χ2v) is 2.60. The largest absolute Gasteiger partial charge is 0.302 e. The number of allylic oxidation sites excluding steroid dienone is 1. The Hall–Kier alpha value is -0.520. The summed E-state index contributed by atoms with van der Waals surface area (Å²) in [6.07, 6.45) is 4.50. The zero-order chi connectivity index (χ0) is 8.53. The molecule has 0 aliphatic carbocycles. The van der Waals surface area contributed by atoms with E-state index in [4.69, 9.17) is 16.9 Å². The van der Waals surface area contributed by atoms with Crippen molar-refractivity contribution in [3.05, 3.63) is 12.2 Å². The fourth-order valence-corrected chi connectivity index (χ4v) is 0.776. The predicted molar refractivity (Wildman–Crippen MR) is 47.6 cm³/mol. The highest BCUT2D eigenvalue weighted by Gasteiger charge is 1.92. The molecule has 0 saturated carbocycles. The van der Waals surface area contributed by atoms with E-state index in [9.17, 15) is 0 Å². The zero-order valence-corrected chi connectivity index (χ0v) is 7.51. The second kappa shape index (κ2) is 7.59. The van der Waals surface area contributed by atoms with Crippen LogP contribution < -0.4 is 0 Å². The van der Waals surface area contributed by atoms with Gasteiger partial charge in [0.15, 0.2) is 0 Å². The molecule has 0 rings (SSSR count). The van der Waals surface area contributed by atoms with Gasteiger partial charge in [-0.3, -0.25) is 0 Å². The van der Waals surface area contributed by atoms with Crippen LogP contribution in [0.3, 0.4) is 0 Å². The Morgan fingerprint density at radius 3 is 2.82 bits per heavy atom. The summed E-state index contributed by atoms with van der Waals surface area (Å²) in [5.41, 5.74) is 0. The van der Waals surface area contributed by atoms with Crippen molar-refractivity contribution in [2.45, 2.75) is 6.42 Å². The minimum absolute atomic E-state index is 0.562. The van der Waals surface area contributed by atoms with Crippen LogP contribution >= 0.6 is 11.6 Å². The molecule has 0 saturated heterocycles. The smallest absolute Gasteiger partial charge is 0.0635 e. The van der Waals surface area contributed by atoms with E-state index >= 15 is 0 Å². The molecular weight excluding hydrogens is 160 g/mol. The van der Waals surface area contributed by atoms with Crippen LogP contribution in [0.1, 0.15) is 6.42 Å². The molecule has 2 nitrogen and oxygen atoms in total. The SMILES string of the molecule is CN(CC=CCCl)CCC#N. The lowest BCUT2D eigenvalue weighted by atomic mass is 10.4. The summed E-state index contributed by atoms with van der Waals surface area (Å²) in [6, 6.07) is 2.10. The van der Waals surface area contributed by atoms with Crippen molar-refractivity contribution in [2.24, 2.45) is 0 Å². The molecule has 0 N–H and O–H groups in total. The third-order valence-electron chi connectivity index (χ3n) is 1.28. The highest BCUT2D eigenvalue weighted by molar-refractivity contribution is 6.18. The maximum Gasteiger partial charge on any atom is 0.0635 e. The van der Waals surface area contributed by atoms with Crippen molar-refractivity contribution in [1.82, 2.24) is 4.90 Å². The van der Waals surface area contributed by atoms with Gasteiger partial charge in [-0.2, -0.15) is 5.26 Å². The van der Waals surface area contributed by atoms with Gasteiger partial charge in [0.2, 0.25) is 0 Å². The topological polar surface area (TPSA) is 27.0 Å². The predicted octanol–water partition coefficient (Wildman–Crippen LogP) is 1.63. The highest BCUT2D eigenvalue weighted by atomic mass is 35.5. The zero-order valence-electron chi connectivity index (χ0n) is 6.76. The van der Waals surface area contributed by atoms with E-state index in [0.29, 0.717) is 12.3 Å². The quantitative estimate of drug-likeness (QED) is 0.466. The number of alkyl halides is 1. The van der Waals surface area contributed by atoms with Crippen LogP contribution in [-0.2, 0) is 0 Å². The third kappa shape index (κ3) is 7.38. The van der Waals surface area contributed by atoms with Gasteiger partial charge in [0.25, 0.3) is 0 Å². The number of likely N-dealkylation sites (N-methyl/N-ethyl adjacent to an activating group) is 1. The number of nitriles is 1. The van der Waals surface area contributed by atoms with Crippen molar-refractivity contribution >= 4 is 11.6 Å². The van der Waals surface area contributed by atoms with E-state index in [0.717, 1.165) is 13.1 Å². The molecule has 0 heterocycles. The van der Waals surface area contributed by atoms with E-state index < -0.39 is 0 Å². The Morgan fingerprint density at radius 2 is 2.27 bits per heavy atom. The van der Waals surface area contributed by atoms with Crippen molar-refractivity contribution in [3.8, 4) is 6.07 Å². The van der Waals surface area contributed by atoms with Gasteiger partial charge in [-0.1, -0.05) is 12.2 Å². The molecule has 0 radical (unpaired) electrons. The van der Waals surface area contributed by atoms with Gasteiger partial charge in [-0.25, -0.2) is 0 Å². The molecule has 0 aromatic heterocycles. The fraction of sp³-hybridized carbons (Fsp3) is 0.625. The Labute approximate surface area is 73.1 Å². The summed E-state index contributed by atoms with van der Waals surface area (Å²) in [5.74, 6) is 0.562. The first-order valence-corrected chi connectivity index (χ1v) is 4.11. The first-order valence-electron chi connectivity index (χ1n) is 3.57. The number of nitrogens with zero attached hydrogens (tertiary/aromatic N) is 2.